The van der Waals surface area contributed by atoms with Crippen molar-refractivity contribution in [2.75, 3.05) is 23.3 Å². The number of rotatable bonds is 4. The molecule has 28 heavy (non-hydrogen) atoms. The Morgan fingerprint density at radius 3 is 2.86 bits per heavy atom. The molecule has 0 radical (unpaired) electrons. The molecule has 4 rings (SSSR count). The molecule has 2 aromatic heterocycles. The number of hydrogen-bond acceptors (Lipinski definition) is 7. The van der Waals surface area contributed by atoms with Crippen LogP contribution in [0.4, 0.5) is 15.9 Å². The van der Waals surface area contributed by atoms with E-state index in [1.807, 2.05) is 24.8 Å². The van der Waals surface area contributed by atoms with Gasteiger partial charge in [0.2, 0.25) is 0 Å². The average molecular weight is 423 g/mol. The number of aromatic nitrogens is 4. The van der Waals surface area contributed by atoms with Gasteiger partial charge in [0.1, 0.15) is 5.82 Å². The van der Waals surface area contributed by atoms with Crippen molar-refractivity contribution in [1.29, 1.82) is 0 Å². The first-order chi connectivity index (χ1) is 13.4. The summed E-state index contributed by atoms with van der Waals surface area (Å²) in [5, 5.41) is 16.0. The van der Waals surface area contributed by atoms with Crippen LogP contribution in [-0.2, 0) is 6.54 Å². The molecule has 7 nitrogen and oxygen atoms in total. The van der Waals surface area contributed by atoms with E-state index in [0.717, 1.165) is 5.69 Å². The molecule has 1 aliphatic rings. The summed E-state index contributed by atoms with van der Waals surface area (Å²) in [7, 11) is 0. The van der Waals surface area contributed by atoms with Crippen LogP contribution in [0.5, 0.6) is 0 Å². The van der Waals surface area contributed by atoms with Crippen LogP contribution < -0.4 is 10.2 Å². The number of hydrogen-bond donors (Lipinski definition) is 1. The first kappa shape index (κ1) is 18.9. The molecular formula is C18H17Cl2FN6O. The van der Waals surface area contributed by atoms with E-state index >= 15 is 0 Å². The minimum atomic E-state index is -0.503. The molecule has 0 unspecified atom stereocenters. The molecule has 3 aromatic rings. The minimum Gasteiger partial charge on any atom is -0.365 e. The van der Waals surface area contributed by atoms with E-state index in [4.69, 9.17) is 27.7 Å². The topological polar surface area (TPSA) is 80.0 Å². The zero-order valence-corrected chi connectivity index (χ0v) is 16.7. The van der Waals surface area contributed by atoms with E-state index in [1.165, 1.54) is 12.1 Å². The fraction of sp³-hybridized carbons (Fsp3) is 0.333. The van der Waals surface area contributed by atoms with Crippen molar-refractivity contribution in [2.45, 2.75) is 26.3 Å². The molecule has 0 saturated heterocycles. The first-order valence-corrected chi connectivity index (χ1v) is 9.52. The van der Waals surface area contributed by atoms with E-state index in [1.54, 1.807) is 0 Å². The van der Waals surface area contributed by atoms with Crippen molar-refractivity contribution in [3.05, 3.63) is 45.4 Å². The average Bonchev–Trinajstić information content (AvgIpc) is 3.18. The van der Waals surface area contributed by atoms with E-state index in [-0.39, 0.29) is 10.9 Å². The molecular weight excluding hydrogens is 406 g/mol. The number of anilines is 2. The lowest BCUT2D eigenvalue weighted by Gasteiger charge is -2.31. The Labute approximate surface area is 170 Å². The standard InChI is InChI=1S/C18H17Cl2FN6O/c1-9(2)16-23-18(28-26-16)13-7-14-17(25-24-13)22-5-6-27(14)8-10-11(19)3-4-12(21)15(10)20/h3-4,7,9H,5-6,8H2,1-2H3,(H,22,25). The van der Waals surface area contributed by atoms with E-state index in [0.29, 0.717) is 53.4 Å². The molecule has 1 aromatic carbocycles. The normalized spacial score (nSPS) is 13.6. The summed E-state index contributed by atoms with van der Waals surface area (Å²) >= 11 is 12.4. The highest BCUT2D eigenvalue weighted by Crippen LogP contribution is 2.34. The van der Waals surface area contributed by atoms with Gasteiger partial charge in [0.05, 0.1) is 10.7 Å². The van der Waals surface area contributed by atoms with Crippen LogP contribution in [0.3, 0.4) is 0 Å². The molecule has 10 heteroatoms. The second-order valence-corrected chi connectivity index (χ2v) is 7.53. The second-order valence-electron chi connectivity index (χ2n) is 6.75. The molecule has 146 valence electrons. The summed E-state index contributed by atoms with van der Waals surface area (Å²) in [6.45, 7) is 5.60. The summed E-state index contributed by atoms with van der Waals surface area (Å²) in [4.78, 5) is 6.38. The fourth-order valence-corrected chi connectivity index (χ4v) is 3.42. The molecule has 3 heterocycles. The molecule has 0 spiro atoms. The Hall–Kier alpha value is -2.45. The maximum atomic E-state index is 13.9. The summed E-state index contributed by atoms with van der Waals surface area (Å²) < 4.78 is 19.2. The van der Waals surface area contributed by atoms with Gasteiger partial charge in [-0.05, 0) is 18.2 Å². The summed E-state index contributed by atoms with van der Waals surface area (Å²) in [5.74, 6) is 1.15. The van der Waals surface area contributed by atoms with Crippen molar-refractivity contribution in [1.82, 2.24) is 20.3 Å². The van der Waals surface area contributed by atoms with Crippen LogP contribution in [0, 0.1) is 5.82 Å². The van der Waals surface area contributed by atoms with E-state index in [2.05, 4.69) is 25.7 Å². The van der Waals surface area contributed by atoms with Crippen molar-refractivity contribution in [3.8, 4) is 11.6 Å². The third-order valence-corrected chi connectivity index (χ3v) is 5.22. The van der Waals surface area contributed by atoms with Gasteiger partial charge in [0.15, 0.2) is 17.3 Å². The Balaban J connectivity index is 1.69. The molecule has 0 amide bonds. The molecule has 0 saturated carbocycles. The van der Waals surface area contributed by atoms with Gasteiger partial charge >= 0.3 is 0 Å². The molecule has 0 atom stereocenters. The highest BCUT2D eigenvalue weighted by Gasteiger charge is 2.24. The van der Waals surface area contributed by atoms with Gasteiger partial charge < -0.3 is 14.7 Å². The SMILES string of the molecule is CC(C)c1noc(-c2cc3c(nn2)NCCN3Cc2c(Cl)ccc(F)c2Cl)n1. The van der Waals surface area contributed by atoms with Crippen LogP contribution in [0.1, 0.15) is 31.2 Å². The number of fused-ring (bicyclic) bond motifs is 1. The maximum Gasteiger partial charge on any atom is 0.278 e. The highest BCUT2D eigenvalue weighted by molar-refractivity contribution is 6.36. The number of benzene rings is 1. The monoisotopic (exact) mass is 422 g/mol. The second kappa shape index (κ2) is 7.52. The Morgan fingerprint density at radius 2 is 2.11 bits per heavy atom. The smallest absolute Gasteiger partial charge is 0.278 e. The van der Waals surface area contributed by atoms with Gasteiger partial charge in [-0.25, -0.2) is 4.39 Å². The van der Waals surface area contributed by atoms with Crippen LogP contribution in [0.2, 0.25) is 10.0 Å². The van der Waals surface area contributed by atoms with Crippen LogP contribution >= 0.6 is 23.2 Å². The van der Waals surface area contributed by atoms with E-state index in [9.17, 15) is 4.39 Å². The van der Waals surface area contributed by atoms with Gasteiger partial charge in [-0.1, -0.05) is 42.2 Å². The van der Waals surface area contributed by atoms with Gasteiger partial charge in [-0.2, -0.15) is 4.98 Å². The predicted molar refractivity (Wildman–Crippen MR) is 105 cm³/mol. The third kappa shape index (κ3) is 3.49. The summed E-state index contributed by atoms with van der Waals surface area (Å²) in [6.07, 6.45) is 0. The number of halogens is 3. The lowest BCUT2D eigenvalue weighted by Crippen LogP contribution is -2.34. The minimum absolute atomic E-state index is 0.0216. The van der Waals surface area contributed by atoms with Gasteiger partial charge in [-0.15, -0.1) is 10.2 Å². The summed E-state index contributed by atoms with van der Waals surface area (Å²) in [6, 6.07) is 4.57. The van der Waals surface area contributed by atoms with Crippen LogP contribution in [-0.4, -0.2) is 33.4 Å². The zero-order chi connectivity index (χ0) is 19.8. The lowest BCUT2D eigenvalue weighted by atomic mass is 10.1. The predicted octanol–water partition coefficient (Wildman–Crippen LogP) is 4.53. The summed E-state index contributed by atoms with van der Waals surface area (Å²) in [5.41, 5.74) is 1.76. The zero-order valence-electron chi connectivity index (χ0n) is 15.2. The van der Waals surface area contributed by atoms with Gasteiger partial charge in [0, 0.05) is 36.1 Å². The lowest BCUT2D eigenvalue weighted by molar-refractivity contribution is 0.417. The highest BCUT2D eigenvalue weighted by atomic mass is 35.5. The van der Waals surface area contributed by atoms with Crippen molar-refractivity contribution in [3.63, 3.8) is 0 Å². The molecule has 0 aliphatic carbocycles. The van der Waals surface area contributed by atoms with Crippen molar-refractivity contribution >= 4 is 34.7 Å². The molecule has 0 fully saturated rings. The van der Waals surface area contributed by atoms with Gasteiger partial charge in [-0.3, -0.25) is 0 Å². The largest absolute Gasteiger partial charge is 0.365 e. The molecule has 1 aliphatic heterocycles. The maximum absolute atomic E-state index is 13.9. The Kier molecular flexibility index (Phi) is 5.07. The van der Waals surface area contributed by atoms with Crippen molar-refractivity contribution < 1.29 is 8.91 Å². The van der Waals surface area contributed by atoms with Crippen molar-refractivity contribution in [2.24, 2.45) is 0 Å². The van der Waals surface area contributed by atoms with E-state index < -0.39 is 5.82 Å². The van der Waals surface area contributed by atoms with Crippen LogP contribution in [0.15, 0.2) is 22.7 Å². The fourth-order valence-electron chi connectivity index (χ4n) is 2.93. The quantitative estimate of drug-likeness (QED) is 0.618. The Bertz CT molecular complexity index is 1030. The van der Waals surface area contributed by atoms with Gasteiger partial charge in [0.25, 0.3) is 5.89 Å². The van der Waals surface area contributed by atoms with Crippen LogP contribution in [0.25, 0.3) is 11.6 Å². The molecule has 0 bridgehead atoms. The number of nitrogens with one attached hydrogen (secondary N) is 1. The molecule has 1 N–H and O–H groups in total. The Morgan fingerprint density at radius 1 is 1.29 bits per heavy atom. The number of nitrogens with zero attached hydrogens (tertiary/aromatic N) is 5. The first-order valence-electron chi connectivity index (χ1n) is 8.77. The third-order valence-electron chi connectivity index (χ3n) is 4.45.